The van der Waals surface area contributed by atoms with E-state index in [0.717, 1.165) is 30.4 Å². The normalized spacial score (nSPS) is 21.2. The average molecular weight is 358 g/mol. The van der Waals surface area contributed by atoms with Crippen molar-refractivity contribution in [3.63, 3.8) is 0 Å². The zero-order valence-corrected chi connectivity index (χ0v) is 15.3. The number of rotatable bonds is 5. The monoisotopic (exact) mass is 358 g/mol. The molecule has 1 aromatic rings. The molecule has 1 saturated carbocycles. The van der Waals surface area contributed by atoms with Crippen molar-refractivity contribution in [2.24, 2.45) is 11.8 Å². The summed E-state index contributed by atoms with van der Waals surface area (Å²) in [5, 5.41) is 12.0. The molecule has 2 atom stereocenters. The molecule has 0 spiro atoms. The minimum Gasteiger partial charge on any atom is -0.480 e. The molecule has 0 radical (unpaired) electrons. The van der Waals surface area contributed by atoms with E-state index in [1.165, 1.54) is 0 Å². The Bertz CT molecular complexity index is 706. The van der Waals surface area contributed by atoms with E-state index in [1.54, 1.807) is 4.90 Å². The van der Waals surface area contributed by atoms with Gasteiger partial charge in [0.25, 0.3) is 5.91 Å². The van der Waals surface area contributed by atoms with Crippen LogP contribution < -0.4 is 5.32 Å². The number of hydrogen-bond acceptors (Lipinski definition) is 3. The van der Waals surface area contributed by atoms with Crippen LogP contribution in [0.25, 0.3) is 0 Å². The fourth-order valence-electron chi connectivity index (χ4n) is 3.74. The van der Waals surface area contributed by atoms with Gasteiger partial charge in [0, 0.05) is 18.7 Å². The number of hydrogen-bond donors (Lipinski definition) is 2. The summed E-state index contributed by atoms with van der Waals surface area (Å²) >= 11 is 0. The molecule has 1 aromatic carbocycles. The van der Waals surface area contributed by atoms with E-state index in [4.69, 9.17) is 0 Å². The number of nitrogens with one attached hydrogen (secondary N) is 1. The highest BCUT2D eigenvalue weighted by Gasteiger charge is 2.39. The Morgan fingerprint density at radius 2 is 1.77 bits per heavy atom. The molecule has 1 saturated heterocycles. The van der Waals surface area contributed by atoms with Crippen LogP contribution >= 0.6 is 0 Å². The largest absolute Gasteiger partial charge is 0.480 e. The van der Waals surface area contributed by atoms with Crippen LogP contribution in [-0.4, -0.2) is 46.9 Å². The van der Waals surface area contributed by atoms with E-state index >= 15 is 0 Å². The first-order chi connectivity index (χ1) is 12.3. The van der Waals surface area contributed by atoms with Crippen LogP contribution in [0.4, 0.5) is 0 Å². The zero-order chi connectivity index (χ0) is 18.8. The molecule has 1 aliphatic heterocycles. The van der Waals surface area contributed by atoms with Gasteiger partial charge in [0.15, 0.2) is 0 Å². The highest BCUT2D eigenvalue weighted by molar-refractivity contribution is 5.95. The number of benzene rings is 1. The standard InChI is InChI=1S/C20H26N2O4/c1-12-8-13(2)10-16(9-12)19(24)22-7-3-4-15(11-22)18(23)21-17(20(25)26)14-5-6-14/h8-10,14-15,17H,3-7,11H2,1-2H3,(H,21,23)(H,25,26). The molecule has 2 unspecified atom stereocenters. The average Bonchev–Trinajstić information content (AvgIpc) is 3.42. The molecule has 6 heteroatoms. The Morgan fingerprint density at radius 1 is 1.12 bits per heavy atom. The van der Waals surface area contributed by atoms with Crippen molar-refractivity contribution >= 4 is 17.8 Å². The third-order valence-corrected chi connectivity index (χ3v) is 5.21. The first-order valence-corrected chi connectivity index (χ1v) is 9.26. The van der Waals surface area contributed by atoms with Crippen molar-refractivity contribution < 1.29 is 19.5 Å². The Labute approximate surface area is 153 Å². The van der Waals surface area contributed by atoms with E-state index in [1.807, 2.05) is 32.0 Å². The predicted octanol–water partition coefficient (Wildman–Crippen LogP) is 2.14. The van der Waals surface area contributed by atoms with Gasteiger partial charge in [-0.15, -0.1) is 0 Å². The van der Waals surface area contributed by atoms with Crippen LogP contribution in [0.5, 0.6) is 0 Å². The predicted molar refractivity (Wildman–Crippen MR) is 96.8 cm³/mol. The molecule has 2 aliphatic rings. The molecular formula is C20H26N2O4. The smallest absolute Gasteiger partial charge is 0.326 e. The second-order valence-electron chi connectivity index (χ2n) is 7.63. The first kappa shape index (κ1) is 18.4. The zero-order valence-electron chi connectivity index (χ0n) is 15.3. The number of carbonyl (C=O) groups is 3. The van der Waals surface area contributed by atoms with E-state index in [-0.39, 0.29) is 23.7 Å². The van der Waals surface area contributed by atoms with Crippen molar-refractivity contribution in [2.75, 3.05) is 13.1 Å². The van der Waals surface area contributed by atoms with Gasteiger partial charge in [-0.3, -0.25) is 9.59 Å². The fourth-order valence-corrected chi connectivity index (χ4v) is 3.74. The topological polar surface area (TPSA) is 86.7 Å². The van der Waals surface area contributed by atoms with Crippen molar-refractivity contribution in [3.8, 4) is 0 Å². The van der Waals surface area contributed by atoms with E-state index in [2.05, 4.69) is 5.32 Å². The minimum atomic E-state index is -0.972. The van der Waals surface area contributed by atoms with Crippen LogP contribution in [-0.2, 0) is 9.59 Å². The summed E-state index contributed by atoms with van der Waals surface area (Å²) in [7, 11) is 0. The lowest BCUT2D eigenvalue weighted by atomic mass is 9.95. The molecule has 3 rings (SSSR count). The number of carboxylic acid groups (broad SMARTS) is 1. The van der Waals surface area contributed by atoms with Crippen LogP contribution in [0.15, 0.2) is 18.2 Å². The Hall–Kier alpha value is -2.37. The van der Waals surface area contributed by atoms with Gasteiger partial charge in [-0.2, -0.15) is 0 Å². The van der Waals surface area contributed by atoms with Crippen LogP contribution in [0.1, 0.15) is 47.2 Å². The Balaban J connectivity index is 1.65. The fraction of sp³-hybridized carbons (Fsp3) is 0.550. The molecule has 6 nitrogen and oxygen atoms in total. The maximum Gasteiger partial charge on any atom is 0.326 e. The summed E-state index contributed by atoms with van der Waals surface area (Å²) in [4.78, 5) is 38.4. The molecule has 1 aliphatic carbocycles. The number of aryl methyl sites for hydroxylation is 2. The number of carboxylic acids is 1. The van der Waals surface area contributed by atoms with Gasteiger partial charge in [-0.25, -0.2) is 4.79 Å². The maximum atomic E-state index is 12.8. The second kappa shape index (κ2) is 7.48. The lowest BCUT2D eigenvalue weighted by Crippen LogP contribution is -2.50. The minimum absolute atomic E-state index is 0.0491. The van der Waals surface area contributed by atoms with Gasteiger partial charge in [0.05, 0.1) is 5.92 Å². The molecule has 2 N–H and O–H groups in total. The first-order valence-electron chi connectivity index (χ1n) is 9.26. The summed E-state index contributed by atoms with van der Waals surface area (Å²) in [5.41, 5.74) is 2.71. The maximum absolute atomic E-state index is 12.8. The Morgan fingerprint density at radius 3 is 2.35 bits per heavy atom. The van der Waals surface area contributed by atoms with Gasteiger partial charge in [0.1, 0.15) is 6.04 Å². The highest BCUT2D eigenvalue weighted by atomic mass is 16.4. The van der Waals surface area contributed by atoms with Crippen molar-refractivity contribution in [1.82, 2.24) is 10.2 Å². The van der Waals surface area contributed by atoms with E-state index in [9.17, 15) is 19.5 Å². The summed E-state index contributed by atoms with van der Waals surface area (Å²) in [6, 6.07) is 4.96. The summed E-state index contributed by atoms with van der Waals surface area (Å²) in [6.07, 6.45) is 3.12. The summed E-state index contributed by atoms with van der Waals surface area (Å²) < 4.78 is 0. The molecular weight excluding hydrogens is 332 g/mol. The quantitative estimate of drug-likeness (QED) is 0.844. The Kier molecular flexibility index (Phi) is 5.30. The lowest BCUT2D eigenvalue weighted by Gasteiger charge is -2.32. The third kappa shape index (κ3) is 4.23. The molecule has 2 fully saturated rings. The second-order valence-corrected chi connectivity index (χ2v) is 7.63. The van der Waals surface area contributed by atoms with Gasteiger partial charge < -0.3 is 15.3 Å². The van der Waals surface area contributed by atoms with Gasteiger partial charge >= 0.3 is 5.97 Å². The summed E-state index contributed by atoms with van der Waals surface area (Å²) in [6.45, 7) is 4.88. The molecule has 26 heavy (non-hydrogen) atoms. The molecule has 2 amide bonds. The summed E-state index contributed by atoms with van der Waals surface area (Å²) in [5.74, 6) is -1.58. The van der Waals surface area contributed by atoms with Crippen molar-refractivity contribution in [2.45, 2.75) is 45.6 Å². The van der Waals surface area contributed by atoms with Crippen molar-refractivity contribution in [3.05, 3.63) is 34.9 Å². The van der Waals surface area contributed by atoms with E-state index in [0.29, 0.717) is 25.1 Å². The number of carbonyl (C=O) groups excluding carboxylic acids is 2. The molecule has 0 bridgehead atoms. The molecule has 1 heterocycles. The molecule has 0 aromatic heterocycles. The van der Waals surface area contributed by atoms with Gasteiger partial charge in [0.2, 0.25) is 5.91 Å². The number of aliphatic carboxylic acids is 1. The number of likely N-dealkylation sites (tertiary alicyclic amines) is 1. The van der Waals surface area contributed by atoms with Crippen molar-refractivity contribution in [1.29, 1.82) is 0 Å². The highest BCUT2D eigenvalue weighted by Crippen LogP contribution is 2.33. The number of nitrogens with zero attached hydrogens (tertiary/aromatic N) is 1. The third-order valence-electron chi connectivity index (χ3n) is 5.21. The van der Waals surface area contributed by atoms with Crippen LogP contribution in [0.2, 0.25) is 0 Å². The van der Waals surface area contributed by atoms with Crippen LogP contribution in [0, 0.1) is 25.7 Å². The number of amides is 2. The number of piperidine rings is 1. The van der Waals surface area contributed by atoms with Gasteiger partial charge in [-0.1, -0.05) is 17.2 Å². The molecule has 140 valence electrons. The van der Waals surface area contributed by atoms with Gasteiger partial charge in [-0.05, 0) is 57.6 Å². The SMILES string of the molecule is Cc1cc(C)cc(C(=O)N2CCCC(C(=O)NC(C(=O)O)C3CC3)C2)c1. The van der Waals surface area contributed by atoms with E-state index < -0.39 is 12.0 Å². The lowest BCUT2D eigenvalue weighted by molar-refractivity contribution is -0.143. The van der Waals surface area contributed by atoms with Crippen LogP contribution in [0.3, 0.4) is 0 Å².